The molecule has 4 rings (SSSR count). The van der Waals surface area contributed by atoms with Crippen molar-refractivity contribution in [1.29, 1.82) is 5.26 Å². The highest BCUT2D eigenvalue weighted by molar-refractivity contribution is 5.97. The molecule has 28 heavy (non-hydrogen) atoms. The largest absolute Gasteiger partial charge is 0.383 e. The summed E-state index contributed by atoms with van der Waals surface area (Å²) in [7, 11) is 1.69. The zero-order chi connectivity index (χ0) is 19.8. The molecule has 3 aromatic heterocycles. The molecule has 0 bridgehead atoms. The second kappa shape index (κ2) is 6.87. The molecule has 1 aliphatic rings. The minimum atomic E-state index is -0.231. The van der Waals surface area contributed by atoms with E-state index in [-0.39, 0.29) is 12.0 Å². The number of hydrogen-bond donors (Lipinski definition) is 1. The van der Waals surface area contributed by atoms with E-state index in [0.717, 1.165) is 16.5 Å². The van der Waals surface area contributed by atoms with Gasteiger partial charge in [-0.25, -0.2) is 9.97 Å². The van der Waals surface area contributed by atoms with Gasteiger partial charge in [-0.3, -0.25) is 9.78 Å². The van der Waals surface area contributed by atoms with E-state index in [4.69, 9.17) is 15.7 Å². The van der Waals surface area contributed by atoms with Gasteiger partial charge in [-0.15, -0.1) is 0 Å². The number of aromatic nitrogens is 3. The fourth-order valence-electron chi connectivity index (χ4n) is 3.38. The van der Waals surface area contributed by atoms with Crippen molar-refractivity contribution in [3.8, 4) is 6.07 Å². The zero-order valence-corrected chi connectivity index (χ0v) is 15.5. The van der Waals surface area contributed by atoms with Gasteiger partial charge in [0.15, 0.2) is 0 Å². The molecular formula is C20H18N6O2. The molecule has 140 valence electrons. The van der Waals surface area contributed by atoms with Crippen molar-refractivity contribution in [3.05, 3.63) is 58.7 Å². The Hall–Kier alpha value is -3.57. The maximum atomic E-state index is 12.9. The van der Waals surface area contributed by atoms with E-state index in [0.29, 0.717) is 41.4 Å². The average molecular weight is 374 g/mol. The molecule has 2 N–H and O–H groups in total. The summed E-state index contributed by atoms with van der Waals surface area (Å²) in [6.45, 7) is 2.67. The monoisotopic (exact) mass is 374 g/mol. The van der Waals surface area contributed by atoms with Crippen molar-refractivity contribution < 1.29 is 9.53 Å². The smallest absolute Gasteiger partial charge is 0.272 e. The molecule has 8 nitrogen and oxygen atoms in total. The van der Waals surface area contributed by atoms with Crippen LogP contribution in [0.15, 0.2) is 30.6 Å². The summed E-state index contributed by atoms with van der Waals surface area (Å²) in [5, 5.41) is 9.68. The first-order valence-electron chi connectivity index (χ1n) is 8.78. The van der Waals surface area contributed by atoms with E-state index in [1.54, 1.807) is 31.4 Å². The number of hydrogen-bond acceptors (Lipinski definition) is 7. The molecule has 0 fully saturated rings. The van der Waals surface area contributed by atoms with Gasteiger partial charge < -0.3 is 15.4 Å². The molecule has 8 heteroatoms. The number of nitriles is 1. The Labute approximate surface area is 161 Å². The Kier molecular flexibility index (Phi) is 4.37. The van der Waals surface area contributed by atoms with Crippen LogP contribution in [0.2, 0.25) is 0 Å². The number of rotatable bonds is 3. The lowest BCUT2D eigenvalue weighted by molar-refractivity contribution is 0.0776. The van der Waals surface area contributed by atoms with Gasteiger partial charge in [0.1, 0.15) is 17.6 Å². The third-order valence-corrected chi connectivity index (χ3v) is 4.85. The lowest BCUT2D eigenvalue weighted by Crippen LogP contribution is -2.27. The van der Waals surface area contributed by atoms with Crippen LogP contribution >= 0.6 is 0 Å². The summed E-state index contributed by atoms with van der Waals surface area (Å²) in [6.07, 6.45) is 2.93. The Bertz CT molecular complexity index is 1120. The highest BCUT2D eigenvalue weighted by Crippen LogP contribution is 2.37. The van der Waals surface area contributed by atoms with Gasteiger partial charge in [0, 0.05) is 24.2 Å². The van der Waals surface area contributed by atoms with Crippen LogP contribution in [-0.2, 0) is 17.9 Å². The summed E-state index contributed by atoms with van der Waals surface area (Å²) in [5.41, 5.74) is 10.0. The molecule has 0 spiro atoms. The van der Waals surface area contributed by atoms with Crippen molar-refractivity contribution in [1.82, 2.24) is 19.9 Å². The molecule has 0 aliphatic carbocycles. The maximum Gasteiger partial charge on any atom is 0.272 e. The molecule has 4 heterocycles. The molecule has 3 aromatic rings. The van der Waals surface area contributed by atoms with E-state index in [2.05, 4.69) is 15.0 Å². The highest BCUT2D eigenvalue weighted by atomic mass is 16.5. The van der Waals surface area contributed by atoms with Gasteiger partial charge in [0.05, 0.1) is 42.2 Å². The zero-order valence-electron chi connectivity index (χ0n) is 15.5. The molecule has 0 saturated heterocycles. The number of nitrogens with zero attached hydrogens (tertiary/aromatic N) is 5. The molecule has 0 radical (unpaired) electrons. The van der Waals surface area contributed by atoms with Gasteiger partial charge >= 0.3 is 0 Å². The Morgan fingerprint density at radius 1 is 1.39 bits per heavy atom. The van der Waals surface area contributed by atoms with Crippen LogP contribution in [0.5, 0.6) is 0 Å². The average Bonchev–Trinajstić information content (AvgIpc) is 3.10. The highest BCUT2D eigenvalue weighted by Gasteiger charge is 2.26. The fourth-order valence-corrected chi connectivity index (χ4v) is 3.38. The van der Waals surface area contributed by atoms with Crippen LogP contribution in [-0.4, -0.2) is 32.8 Å². The van der Waals surface area contributed by atoms with Crippen LogP contribution < -0.4 is 5.73 Å². The number of amides is 1. The van der Waals surface area contributed by atoms with Crippen LogP contribution in [0.25, 0.3) is 10.9 Å². The van der Waals surface area contributed by atoms with E-state index < -0.39 is 0 Å². The van der Waals surface area contributed by atoms with Crippen molar-refractivity contribution in [2.45, 2.75) is 26.2 Å². The molecule has 1 atom stereocenters. The number of ether oxygens (including phenoxy) is 1. The Morgan fingerprint density at radius 3 is 2.93 bits per heavy atom. The van der Waals surface area contributed by atoms with Gasteiger partial charge in [-0.1, -0.05) is 0 Å². The minimum Gasteiger partial charge on any atom is -0.383 e. The minimum absolute atomic E-state index is 0.121. The van der Waals surface area contributed by atoms with E-state index in [1.807, 2.05) is 13.0 Å². The molecule has 1 amide bonds. The lowest BCUT2D eigenvalue weighted by atomic mass is 10.0. The van der Waals surface area contributed by atoms with E-state index in [9.17, 15) is 4.79 Å². The standard InChI is InChI=1S/C20H18N6O2/c1-11-18-15(10-28-11)14-5-16(24-8-17(14)25-19(18)22)20(27)26(2)9-13-4-3-12(6-21)7-23-13/h3-5,7-8,11H,9-10H2,1-2H3,(H2,22,25)/t11-/m1/s1. The lowest BCUT2D eigenvalue weighted by Gasteiger charge is -2.17. The number of carbonyl (C=O) groups excluding carboxylic acids is 1. The number of pyridine rings is 3. The number of nitrogen functional groups attached to an aromatic ring is 1. The summed E-state index contributed by atoms with van der Waals surface area (Å²) in [5.74, 6) is 0.211. The van der Waals surface area contributed by atoms with Crippen LogP contribution in [0.4, 0.5) is 5.82 Å². The SMILES string of the molecule is C[C@H]1OCc2c1c(N)nc1cnc(C(=O)N(C)Cc3ccc(C#N)cn3)cc21. The molecule has 0 aromatic carbocycles. The third-order valence-electron chi connectivity index (χ3n) is 4.85. The fraction of sp³-hybridized carbons (Fsp3) is 0.250. The Morgan fingerprint density at radius 2 is 2.21 bits per heavy atom. The van der Waals surface area contributed by atoms with Gasteiger partial charge in [-0.2, -0.15) is 5.26 Å². The van der Waals surface area contributed by atoms with Crippen molar-refractivity contribution >= 4 is 22.6 Å². The summed E-state index contributed by atoms with van der Waals surface area (Å²) in [4.78, 5) is 27.3. The second-order valence-electron chi connectivity index (χ2n) is 6.74. The second-order valence-corrected chi connectivity index (χ2v) is 6.74. The number of anilines is 1. The molecule has 0 unspecified atom stereocenters. The van der Waals surface area contributed by atoms with Gasteiger partial charge in [0.2, 0.25) is 0 Å². The molecule has 0 saturated carbocycles. The predicted molar refractivity (Wildman–Crippen MR) is 102 cm³/mol. The number of carbonyl (C=O) groups is 1. The van der Waals surface area contributed by atoms with Crippen molar-refractivity contribution in [3.63, 3.8) is 0 Å². The number of fused-ring (bicyclic) bond motifs is 3. The normalized spacial score (nSPS) is 15.2. The molecular weight excluding hydrogens is 356 g/mol. The summed E-state index contributed by atoms with van der Waals surface area (Å²) in [6, 6.07) is 7.17. The Balaban J connectivity index is 1.64. The number of nitrogens with two attached hydrogens (primary N) is 1. The van der Waals surface area contributed by atoms with Gasteiger partial charge in [0.25, 0.3) is 5.91 Å². The van der Waals surface area contributed by atoms with Crippen molar-refractivity contribution in [2.75, 3.05) is 12.8 Å². The maximum absolute atomic E-state index is 12.9. The molecule has 1 aliphatic heterocycles. The predicted octanol–water partition coefficient (Wildman–Crippen LogP) is 2.34. The topological polar surface area (TPSA) is 118 Å². The first kappa shape index (κ1) is 17.8. The van der Waals surface area contributed by atoms with Crippen molar-refractivity contribution in [2.24, 2.45) is 0 Å². The quantitative estimate of drug-likeness (QED) is 0.747. The van der Waals surface area contributed by atoms with E-state index >= 15 is 0 Å². The van der Waals surface area contributed by atoms with Crippen LogP contribution in [0, 0.1) is 11.3 Å². The van der Waals surface area contributed by atoms with E-state index in [1.165, 1.54) is 11.1 Å². The first-order valence-corrected chi connectivity index (χ1v) is 8.78. The van der Waals surface area contributed by atoms with Gasteiger partial charge in [-0.05, 0) is 30.7 Å². The van der Waals surface area contributed by atoms with Crippen LogP contribution in [0.1, 0.15) is 45.9 Å². The third kappa shape index (κ3) is 3.02. The van der Waals surface area contributed by atoms with Crippen LogP contribution in [0.3, 0.4) is 0 Å². The summed E-state index contributed by atoms with van der Waals surface area (Å²) >= 11 is 0. The summed E-state index contributed by atoms with van der Waals surface area (Å²) < 4.78 is 5.69. The first-order chi connectivity index (χ1) is 13.5.